The molecule has 9 aromatic carbocycles. The second-order valence-electron chi connectivity index (χ2n) is 33.8. The number of para-hydroxylation sites is 5. The maximum absolute atomic E-state index is 4.80. The second-order valence-corrected chi connectivity index (χ2v) is 33.8. The molecule has 0 amide bonds. The fourth-order valence-electron chi connectivity index (χ4n) is 14.9. The minimum absolute atomic E-state index is 0.00285. The first-order valence-electron chi connectivity index (χ1n) is 43.5. The van der Waals surface area contributed by atoms with Gasteiger partial charge in [-0.2, -0.15) is 25.5 Å². The third-order valence-electron chi connectivity index (χ3n) is 21.8. The van der Waals surface area contributed by atoms with Gasteiger partial charge in [-0.15, -0.1) is 0 Å². The van der Waals surface area contributed by atoms with E-state index in [9.17, 15) is 0 Å². The minimum atomic E-state index is 0.00285. The molecule has 1 fully saturated rings. The number of aryl methyl sites for hydroxylation is 1. The van der Waals surface area contributed by atoms with Crippen molar-refractivity contribution in [3.63, 3.8) is 0 Å². The van der Waals surface area contributed by atoms with Crippen LogP contribution in [0, 0.1) is 0 Å². The van der Waals surface area contributed by atoms with Crippen LogP contribution in [0.3, 0.4) is 0 Å². The Labute approximate surface area is 747 Å². The van der Waals surface area contributed by atoms with E-state index in [4.69, 9.17) is 44.9 Å². The Kier molecular flexibility index (Phi) is 25.7. The highest BCUT2D eigenvalue weighted by Crippen LogP contribution is 2.38. The molecule has 1 aliphatic rings. The highest BCUT2D eigenvalue weighted by molar-refractivity contribution is 5.96. The summed E-state index contributed by atoms with van der Waals surface area (Å²) in [6.07, 6.45) is 10.7. The van der Waals surface area contributed by atoms with Crippen molar-refractivity contribution in [2.75, 3.05) is 26.6 Å². The molecule has 1 saturated carbocycles. The van der Waals surface area contributed by atoms with Gasteiger partial charge in [0, 0.05) is 143 Å². The van der Waals surface area contributed by atoms with Crippen molar-refractivity contribution in [2.45, 2.75) is 124 Å². The summed E-state index contributed by atoms with van der Waals surface area (Å²) in [6.45, 7) is 19.3. The number of hydrogen-bond acceptors (Lipinski definition) is 21. The van der Waals surface area contributed by atoms with Gasteiger partial charge >= 0.3 is 0 Å². The first-order valence-corrected chi connectivity index (χ1v) is 43.5. The van der Waals surface area contributed by atoms with E-state index < -0.39 is 0 Å². The smallest absolute Gasteiger partial charge is 0.162 e. The van der Waals surface area contributed by atoms with Gasteiger partial charge in [-0.3, -0.25) is 30.5 Å². The predicted molar refractivity (Wildman–Crippen MR) is 519 cm³/mol. The molecule has 10 N–H and O–H groups in total. The van der Waals surface area contributed by atoms with Crippen molar-refractivity contribution in [2.24, 2.45) is 0 Å². The molecule has 129 heavy (non-hydrogen) atoms. The molecule has 0 atom stereocenters. The monoisotopic (exact) mass is 1700 g/mol. The molecule has 11 heterocycles. The second kappa shape index (κ2) is 39.0. The molecule has 21 rings (SSSR count). The van der Waals surface area contributed by atoms with Gasteiger partial charge in [0.2, 0.25) is 0 Å². The summed E-state index contributed by atoms with van der Waals surface area (Å²) >= 11 is 0. The molecule has 26 heteroatoms. The van der Waals surface area contributed by atoms with Crippen LogP contribution in [0.2, 0.25) is 0 Å². The van der Waals surface area contributed by atoms with Crippen molar-refractivity contribution < 1.29 is 0 Å². The summed E-state index contributed by atoms with van der Waals surface area (Å²) in [5, 5.41) is 59.1. The van der Waals surface area contributed by atoms with Crippen LogP contribution >= 0.6 is 0 Å². The zero-order valence-electron chi connectivity index (χ0n) is 73.3. The molecule has 26 nitrogen and oxygen atoms in total. The largest absolute Gasteiger partial charge is 0.323 e. The van der Waals surface area contributed by atoms with Crippen molar-refractivity contribution in [3.05, 3.63) is 326 Å². The van der Waals surface area contributed by atoms with E-state index in [1.807, 2.05) is 279 Å². The summed E-state index contributed by atoms with van der Waals surface area (Å²) in [6, 6.07) is 94.1. The van der Waals surface area contributed by atoms with E-state index in [1.165, 1.54) is 31.4 Å². The third kappa shape index (κ3) is 21.0. The topological polar surface area (TPSA) is 345 Å². The standard InChI is InChI=1S/C22H21N5.C21H21N5.C20H20N6.2C20H19N5/c1-2-10-16(11-3-1)21-23-18-13-7-6-12-17(18)22(25-21)24-20-14-19(26-27-20)15-8-4-5-9-15;1-21(2,3)17-13-18(26-25-17)23-20-15-11-7-8-12-16(15)22-19(24-20)14-9-5-4-6-10-14;1-20(2,3)16-12-17(26-25-16)23-19-14-6-4-5-7-15(14)22-18(24-19)13-8-10-21-11-9-13;1-13(2)17-12-18(25-24-17)22-20-15-10-6-7-11-16(15)21-19(23-20)14-8-4-3-5-9-14;1-2-8-15-13-18(25-24-15)22-20-16-11-6-7-12-17(16)21-19(23-20)14-9-4-3-5-10-14/h1-3,6-7,10-15H,4-5,8-9H2,(H2,23,24,25,26,27);4-13H,1-3H3,(H2,22,23,24,25,26);4-12H,1-3H3,(H2,22,23,24,25,26);3-13H,1-2H3,(H2,21,22,23,24,25);3-7,9-13H,2,8H2,1H3,(H2,21,22,23,24,25). The van der Waals surface area contributed by atoms with Crippen LogP contribution in [0.25, 0.3) is 111 Å². The lowest BCUT2D eigenvalue weighted by atomic mass is 9.92. The number of rotatable bonds is 19. The fourth-order valence-corrected chi connectivity index (χ4v) is 14.9. The molecular weight excluding hydrogens is 1600 g/mol. The number of pyridine rings is 1. The molecule has 0 bridgehead atoms. The summed E-state index contributed by atoms with van der Waals surface area (Å²) in [7, 11) is 0. The lowest BCUT2D eigenvalue weighted by molar-refractivity contribution is 0.566. The summed E-state index contributed by atoms with van der Waals surface area (Å²) in [5.41, 5.74) is 15.0. The number of nitrogens with zero attached hydrogens (tertiary/aromatic N) is 16. The Hall–Kier alpha value is -16.1. The molecule has 0 spiro atoms. The van der Waals surface area contributed by atoms with Crippen molar-refractivity contribution in [1.29, 1.82) is 0 Å². The Bertz CT molecular complexity index is 6960. The van der Waals surface area contributed by atoms with Crippen molar-refractivity contribution in [1.82, 2.24) is 106 Å². The highest BCUT2D eigenvalue weighted by Gasteiger charge is 2.24. The van der Waals surface area contributed by atoms with Gasteiger partial charge in [0.15, 0.2) is 58.2 Å². The Morgan fingerprint density at radius 3 is 0.915 bits per heavy atom. The van der Waals surface area contributed by atoms with Crippen LogP contribution in [0.4, 0.5) is 58.2 Å². The van der Waals surface area contributed by atoms with Crippen LogP contribution in [0.1, 0.15) is 135 Å². The number of aromatic amines is 5. The summed E-state index contributed by atoms with van der Waals surface area (Å²) in [5.74, 6) is 12.1. The van der Waals surface area contributed by atoms with E-state index >= 15 is 0 Å². The van der Waals surface area contributed by atoms with Crippen LogP contribution < -0.4 is 26.6 Å². The normalized spacial score (nSPS) is 12.0. The van der Waals surface area contributed by atoms with Crippen molar-refractivity contribution >= 4 is 113 Å². The predicted octanol–water partition coefficient (Wildman–Crippen LogP) is 24.5. The molecule has 0 radical (unpaired) electrons. The SMILES string of the molecule is CC(C)(C)c1cc(Nc2nc(-c3ccccc3)nc3ccccc23)n[nH]1.CC(C)(C)c1cc(Nc2nc(-c3ccncc3)nc3ccccc23)n[nH]1.CC(C)c1cc(Nc2nc(-c3ccccc3)nc3ccccc23)n[nH]1.CCCc1cc(Nc2nc(-c3ccccc3)nc3ccccc23)n[nH]1.c1ccc(-c2nc(Nc3cc(C4CCCC4)[nH]n3)c3ccccc3n2)cc1. The molecule has 20 aromatic rings. The lowest BCUT2D eigenvalue weighted by Crippen LogP contribution is -2.11. The molecule has 0 saturated heterocycles. The zero-order valence-corrected chi connectivity index (χ0v) is 73.3. The minimum Gasteiger partial charge on any atom is -0.323 e. The third-order valence-corrected chi connectivity index (χ3v) is 21.8. The molecule has 1 aliphatic carbocycles. The first-order chi connectivity index (χ1) is 62.9. The van der Waals surface area contributed by atoms with Gasteiger partial charge < -0.3 is 26.6 Å². The Morgan fingerprint density at radius 2 is 0.597 bits per heavy atom. The van der Waals surface area contributed by atoms with E-state index in [1.54, 1.807) is 12.4 Å². The number of aromatic nitrogens is 21. The average molecular weight is 1700 g/mol. The van der Waals surface area contributed by atoms with Crippen LogP contribution in [-0.2, 0) is 17.3 Å². The van der Waals surface area contributed by atoms with Crippen LogP contribution in [0.15, 0.2) is 298 Å². The van der Waals surface area contributed by atoms with Gasteiger partial charge in [-0.1, -0.05) is 264 Å². The maximum Gasteiger partial charge on any atom is 0.162 e. The maximum atomic E-state index is 4.80. The lowest BCUT2D eigenvalue weighted by Gasteiger charge is -2.14. The summed E-state index contributed by atoms with van der Waals surface area (Å²) < 4.78 is 0. The van der Waals surface area contributed by atoms with Gasteiger partial charge in [-0.05, 0) is 98.0 Å². The zero-order chi connectivity index (χ0) is 88.6. The Balaban J connectivity index is 0.000000113. The quantitative estimate of drug-likeness (QED) is 0.0359. The number of benzene rings is 9. The van der Waals surface area contributed by atoms with E-state index in [0.717, 1.165) is 176 Å². The highest BCUT2D eigenvalue weighted by atomic mass is 15.2. The number of nitrogens with one attached hydrogen (secondary N) is 10. The van der Waals surface area contributed by atoms with Crippen LogP contribution in [-0.4, -0.2) is 106 Å². The van der Waals surface area contributed by atoms with Gasteiger partial charge in [0.05, 0.1) is 27.6 Å². The Morgan fingerprint density at radius 1 is 0.310 bits per heavy atom. The molecule has 11 aromatic heterocycles. The van der Waals surface area contributed by atoms with Gasteiger partial charge in [-0.25, -0.2) is 49.8 Å². The average Bonchev–Trinajstić information content (AvgIpc) is 1.73. The van der Waals surface area contributed by atoms with Gasteiger partial charge in [0.25, 0.3) is 0 Å². The van der Waals surface area contributed by atoms with Crippen molar-refractivity contribution in [3.8, 4) is 56.9 Å². The van der Waals surface area contributed by atoms with E-state index in [0.29, 0.717) is 41.0 Å². The summed E-state index contributed by atoms with van der Waals surface area (Å²) in [4.78, 5) is 51.4. The molecule has 0 aliphatic heterocycles. The number of hydrogen-bond donors (Lipinski definition) is 10. The fraction of sp³-hybridized carbons (Fsp3) is 0.184. The number of anilines is 10. The molecule has 642 valence electrons. The first kappa shape index (κ1) is 85.1. The van der Waals surface area contributed by atoms with Crippen LogP contribution in [0.5, 0.6) is 0 Å². The van der Waals surface area contributed by atoms with Gasteiger partial charge in [0.1, 0.15) is 29.1 Å². The molecule has 0 unspecified atom stereocenters. The van der Waals surface area contributed by atoms with E-state index in [2.05, 4.69) is 156 Å². The number of fused-ring (bicyclic) bond motifs is 5. The van der Waals surface area contributed by atoms with E-state index in [-0.39, 0.29) is 10.8 Å². The number of H-pyrrole nitrogens is 5. The molecular formula is C103H100N26.